The van der Waals surface area contributed by atoms with Crippen molar-refractivity contribution in [2.24, 2.45) is 5.92 Å². The molecular weight excluding hydrogens is 278 g/mol. The van der Waals surface area contributed by atoms with Gasteiger partial charge in [0, 0.05) is 19.1 Å². The lowest BCUT2D eigenvalue weighted by Gasteiger charge is -2.22. The average molecular weight is 300 g/mol. The fourth-order valence-electron chi connectivity index (χ4n) is 2.51. The van der Waals surface area contributed by atoms with Crippen molar-refractivity contribution in [3.63, 3.8) is 0 Å². The Bertz CT molecular complexity index is 456. The molecule has 0 bridgehead atoms. The maximum absolute atomic E-state index is 5.96. The molecule has 0 aromatic carbocycles. The predicted molar refractivity (Wildman–Crippen MR) is 79.5 cm³/mol. The maximum Gasteiger partial charge on any atom is 0.322 e. The van der Waals surface area contributed by atoms with Crippen LogP contribution in [0, 0.1) is 5.92 Å². The summed E-state index contributed by atoms with van der Waals surface area (Å²) in [7, 11) is 4.20. The van der Waals surface area contributed by atoms with Gasteiger partial charge < -0.3 is 14.5 Å². The molecule has 112 valence electrons. The van der Waals surface area contributed by atoms with Crippen molar-refractivity contribution in [2.45, 2.75) is 26.3 Å². The second kappa shape index (κ2) is 6.54. The summed E-state index contributed by atoms with van der Waals surface area (Å²) in [5.41, 5.74) is 0. The zero-order valence-electron chi connectivity index (χ0n) is 12.5. The van der Waals surface area contributed by atoms with Crippen LogP contribution in [-0.2, 0) is 0 Å². The summed E-state index contributed by atoms with van der Waals surface area (Å²) in [6.07, 6.45) is 0.905. The standard InChI is InChI=1S/C13H22ClN5O/c1-5-6-20-13-16-11(14)15-12(17-13)19-7-9(2)10(8-19)18(3)4/h9-10H,5-8H2,1-4H3. The van der Waals surface area contributed by atoms with Crippen molar-refractivity contribution in [1.82, 2.24) is 19.9 Å². The van der Waals surface area contributed by atoms with Crippen LogP contribution in [0.25, 0.3) is 0 Å². The zero-order chi connectivity index (χ0) is 14.7. The van der Waals surface area contributed by atoms with Crippen molar-refractivity contribution in [3.8, 4) is 6.01 Å². The molecule has 7 heteroatoms. The van der Waals surface area contributed by atoms with Gasteiger partial charge in [-0.05, 0) is 38.0 Å². The van der Waals surface area contributed by atoms with Gasteiger partial charge in [-0.1, -0.05) is 13.8 Å². The predicted octanol–water partition coefficient (Wildman–Crippen LogP) is 1.70. The van der Waals surface area contributed by atoms with E-state index in [1.807, 2.05) is 6.92 Å². The van der Waals surface area contributed by atoms with Gasteiger partial charge in [-0.15, -0.1) is 0 Å². The zero-order valence-corrected chi connectivity index (χ0v) is 13.3. The van der Waals surface area contributed by atoms with E-state index >= 15 is 0 Å². The van der Waals surface area contributed by atoms with E-state index in [4.69, 9.17) is 16.3 Å². The van der Waals surface area contributed by atoms with E-state index in [1.54, 1.807) is 0 Å². The maximum atomic E-state index is 5.96. The third-order valence-corrected chi connectivity index (χ3v) is 3.70. The quantitative estimate of drug-likeness (QED) is 0.825. The number of hydrogen-bond donors (Lipinski definition) is 0. The van der Waals surface area contributed by atoms with Gasteiger partial charge in [-0.2, -0.15) is 15.0 Å². The number of anilines is 1. The lowest BCUT2D eigenvalue weighted by Crippen LogP contribution is -2.34. The minimum absolute atomic E-state index is 0.182. The van der Waals surface area contributed by atoms with Crippen molar-refractivity contribution in [2.75, 3.05) is 38.7 Å². The molecule has 1 saturated heterocycles. The molecule has 2 rings (SSSR count). The van der Waals surface area contributed by atoms with Crippen molar-refractivity contribution in [1.29, 1.82) is 0 Å². The van der Waals surface area contributed by atoms with Crippen LogP contribution in [-0.4, -0.2) is 59.7 Å². The first-order chi connectivity index (χ1) is 9.51. The van der Waals surface area contributed by atoms with E-state index in [9.17, 15) is 0 Å². The molecule has 0 aliphatic carbocycles. The molecule has 0 radical (unpaired) electrons. The molecule has 0 amide bonds. The summed E-state index contributed by atoms with van der Waals surface area (Å²) < 4.78 is 5.45. The Labute approximate surface area is 125 Å². The van der Waals surface area contributed by atoms with E-state index < -0.39 is 0 Å². The SMILES string of the molecule is CCCOc1nc(Cl)nc(N2CC(C)C(N(C)C)C2)n1. The molecule has 1 aliphatic rings. The molecular formula is C13H22ClN5O. The third-order valence-electron chi connectivity index (χ3n) is 3.53. The monoisotopic (exact) mass is 299 g/mol. The summed E-state index contributed by atoms with van der Waals surface area (Å²) in [5, 5.41) is 0.182. The second-order valence-corrected chi connectivity index (χ2v) is 5.79. The Hall–Kier alpha value is -1.14. The second-order valence-electron chi connectivity index (χ2n) is 5.45. The Balaban J connectivity index is 2.14. The fourth-order valence-corrected chi connectivity index (χ4v) is 2.65. The van der Waals surface area contributed by atoms with Crippen LogP contribution >= 0.6 is 11.6 Å². The molecule has 1 fully saturated rings. The molecule has 2 unspecified atom stereocenters. The minimum Gasteiger partial charge on any atom is -0.463 e. The number of nitrogens with zero attached hydrogens (tertiary/aromatic N) is 5. The first kappa shape index (κ1) is 15.3. The van der Waals surface area contributed by atoms with Gasteiger partial charge in [-0.3, -0.25) is 0 Å². The van der Waals surface area contributed by atoms with Crippen LogP contribution in [0.15, 0.2) is 0 Å². The van der Waals surface area contributed by atoms with Crippen molar-refractivity contribution in [3.05, 3.63) is 5.28 Å². The normalized spacial score (nSPS) is 22.6. The van der Waals surface area contributed by atoms with Crippen LogP contribution in [0.4, 0.5) is 5.95 Å². The molecule has 1 aromatic rings. The topological polar surface area (TPSA) is 54.4 Å². The van der Waals surface area contributed by atoms with E-state index in [2.05, 4.69) is 45.8 Å². The van der Waals surface area contributed by atoms with E-state index in [0.29, 0.717) is 30.5 Å². The van der Waals surface area contributed by atoms with Gasteiger partial charge in [0.15, 0.2) is 0 Å². The number of hydrogen-bond acceptors (Lipinski definition) is 6. The van der Waals surface area contributed by atoms with Gasteiger partial charge in [-0.25, -0.2) is 0 Å². The lowest BCUT2D eigenvalue weighted by molar-refractivity contribution is 0.266. The number of halogens is 1. The largest absolute Gasteiger partial charge is 0.463 e. The molecule has 2 heterocycles. The highest BCUT2D eigenvalue weighted by Gasteiger charge is 2.32. The molecule has 6 nitrogen and oxygen atoms in total. The summed E-state index contributed by atoms with van der Waals surface area (Å²) in [6.45, 7) is 6.66. The van der Waals surface area contributed by atoms with Gasteiger partial charge in [0.1, 0.15) is 0 Å². The van der Waals surface area contributed by atoms with Crippen LogP contribution in [0.1, 0.15) is 20.3 Å². The number of aromatic nitrogens is 3. The van der Waals surface area contributed by atoms with Crippen molar-refractivity contribution >= 4 is 17.5 Å². The van der Waals surface area contributed by atoms with Crippen LogP contribution in [0.3, 0.4) is 0 Å². The molecule has 1 aromatic heterocycles. The van der Waals surface area contributed by atoms with Gasteiger partial charge in [0.05, 0.1) is 6.61 Å². The number of ether oxygens (including phenoxy) is 1. The lowest BCUT2D eigenvalue weighted by atomic mass is 10.1. The molecule has 0 spiro atoms. The van der Waals surface area contributed by atoms with Gasteiger partial charge in [0.2, 0.25) is 11.2 Å². The molecule has 2 atom stereocenters. The Kier molecular flexibility index (Phi) is 4.99. The number of likely N-dealkylation sites (N-methyl/N-ethyl adjacent to an activating group) is 1. The minimum atomic E-state index is 0.182. The highest BCUT2D eigenvalue weighted by molar-refractivity contribution is 6.28. The van der Waals surface area contributed by atoms with Crippen LogP contribution < -0.4 is 9.64 Å². The van der Waals surface area contributed by atoms with Crippen LogP contribution in [0.5, 0.6) is 6.01 Å². The van der Waals surface area contributed by atoms with E-state index in [1.165, 1.54) is 0 Å². The highest BCUT2D eigenvalue weighted by Crippen LogP contribution is 2.25. The first-order valence-corrected chi connectivity index (χ1v) is 7.34. The first-order valence-electron chi connectivity index (χ1n) is 6.97. The Morgan fingerprint density at radius 3 is 2.65 bits per heavy atom. The summed E-state index contributed by atoms with van der Waals surface area (Å²) in [6, 6.07) is 0.799. The van der Waals surface area contributed by atoms with E-state index in [0.717, 1.165) is 19.5 Å². The van der Waals surface area contributed by atoms with Gasteiger partial charge in [0.25, 0.3) is 0 Å². The summed E-state index contributed by atoms with van der Waals surface area (Å²) >= 11 is 5.96. The molecule has 1 aliphatic heterocycles. The number of rotatable bonds is 5. The average Bonchev–Trinajstić information content (AvgIpc) is 2.78. The van der Waals surface area contributed by atoms with Crippen molar-refractivity contribution < 1.29 is 4.74 Å². The molecule has 20 heavy (non-hydrogen) atoms. The molecule has 0 saturated carbocycles. The summed E-state index contributed by atoms with van der Waals surface area (Å²) in [4.78, 5) is 17.0. The fraction of sp³-hybridized carbons (Fsp3) is 0.769. The Morgan fingerprint density at radius 2 is 2.05 bits per heavy atom. The van der Waals surface area contributed by atoms with E-state index in [-0.39, 0.29) is 5.28 Å². The summed E-state index contributed by atoms with van der Waals surface area (Å²) in [5.74, 6) is 1.16. The molecule has 0 N–H and O–H groups in total. The highest BCUT2D eigenvalue weighted by atomic mass is 35.5. The van der Waals surface area contributed by atoms with Gasteiger partial charge >= 0.3 is 6.01 Å². The van der Waals surface area contributed by atoms with Crippen LogP contribution in [0.2, 0.25) is 5.28 Å². The Morgan fingerprint density at radius 1 is 1.30 bits per heavy atom. The smallest absolute Gasteiger partial charge is 0.322 e. The third kappa shape index (κ3) is 3.49.